The predicted molar refractivity (Wildman–Crippen MR) is 112 cm³/mol. The molecule has 1 aliphatic rings. The van der Waals surface area contributed by atoms with Gasteiger partial charge in [0.25, 0.3) is 0 Å². The Balaban J connectivity index is 1.42. The molecule has 6 heteroatoms. The van der Waals surface area contributed by atoms with Crippen LogP contribution in [0.3, 0.4) is 0 Å². The van der Waals surface area contributed by atoms with Crippen molar-refractivity contribution in [2.45, 2.75) is 18.6 Å². The Morgan fingerprint density at radius 1 is 1.00 bits per heavy atom. The molecule has 0 spiro atoms. The second kappa shape index (κ2) is 8.65. The van der Waals surface area contributed by atoms with Crippen molar-refractivity contribution in [3.8, 4) is 11.5 Å². The summed E-state index contributed by atoms with van der Waals surface area (Å²) in [5.41, 5.74) is 8.44. The molecule has 1 saturated heterocycles. The summed E-state index contributed by atoms with van der Waals surface area (Å²) in [6, 6.07) is 22.3. The molecule has 2 N–H and O–H groups in total. The van der Waals surface area contributed by atoms with Crippen molar-refractivity contribution in [2.75, 3.05) is 0 Å². The normalized spacial score (nSPS) is 19.2. The summed E-state index contributed by atoms with van der Waals surface area (Å²) in [7, 11) is 0. The van der Waals surface area contributed by atoms with Crippen molar-refractivity contribution in [1.82, 2.24) is 10.9 Å². The number of nitrogens with one attached hydrogen (secondary N) is 2. The highest BCUT2D eigenvalue weighted by Crippen LogP contribution is 2.26. The summed E-state index contributed by atoms with van der Waals surface area (Å²) in [6.45, 7) is 0. The smallest absolute Gasteiger partial charge is 0.165 e. The molecular formula is C22H19BrFN3O. The van der Waals surface area contributed by atoms with E-state index < -0.39 is 5.82 Å². The standard InChI is InChI=1S/C22H19BrFN3O/c23-17-9-7-16(8-10-17)20-13-22(27-26-20)25-14-15-6-11-19(24)21(12-15)28-18-4-2-1-3-5-18/h1-12,14,20,22,26-27H,13H2/b25-14+. The van der Waals surface area contributed by atoms with Gasteiger partial charge < -0.3 is 4.74 Å². The lowest BCUT2D eigenvalue weighted by atomic mass is 10.0. The first-order chi connectivity index (χ1) is 13.7. The number of benzene rings is 3. The maximum absolute atomic E-state index is 14.1. The molecule has 0 amide bonds. The SMILES string of the molecule is Fc1ccc(/C=N/C2CC(c3ccc(Br)cc3)NN2)cc1Oc1ccccc1. The second-order valence-electron chi connectivity index (χ2n) is 6.53. The van der Waals surface area contributed by atoms with Crippen LogP contribution < -0.4 is 15.6 Å². The van der Waals surface area contributed by atoms with E-state index in [4.69, 9.17) is 4.74 Å². The van der Waals surface area contributed by atoms with Gasteiger partial charge in [0.05, 0.1) is 0 Å². The molecular weight excluding hydrogens is 421 g/mol. The molecule has 0 aromatic heterocycles. The molecule has 2 unspecified atom stereocenters. The van der Waals surface area contributed by atoms with Crippen molar-refractivity contribution < 1.29 is 9.13 Å². The molecule has 28 heavy (non-hydrogen) atoms. The summed E-state index contributed by atoms with van der Waals surface area (Å²) in [5.74, 6) is 0.367. The van der Waals surface area contributed by atoms with Crippen molar-refractivity contribution >= 4 is 22.1 Å². The first-order valence-corrected chi connectivity index (χ1v) is 9.79. The van der Waals surface area contributed by atoms with Crippen molar-refractivity contribution in [2.24, 2.45) is 4.99 Å². The van der Waals surface area contributed by atoms with Gasteiger partial charge in [0, 0.05) is 23.1 Å². The van der Waals surface area contributed by atoms with E-state index in [1.54, 1.807) is 30.5 Å². The maximum atomic E-state index is 14.1. The molecule has 0 bridgehead atoms. The molecule has 1 heterocycles. The van der Waals surface area contributed by atoms with Crippen LogP contribution in [0.4, 0.5) is 4.39 Å². The van der Waals surface area contributed by atoms with E-state index in [2.05, 4.69) is 43.9 Å². The topological polar surface area (TPSA) is 45.7 Å². The van der Waals surface area contributed by atoms with Crippen LogP contribution in [-0.2, 0) is 0 Å². The molecule has 4 nitrogen and oxygen atoms in total. The lowest BCUT2D eigenvalue weighted by Crippen LogP contribution is -2.29. The summed E-state index contributed by atoms with van der Waals surface area (Å²) in [5, 5.41) is 0. The van der Waals surface area contributed by atoms with E-state index in [1.807, 2.05) is 30.3 Å². The third-order valence-electron chi connectivity index (χ3n) is 4.49. The monoisotopic (exact) mass is 439 g/mol. The van der Waals surface area contributed by atoms with Crippen LogP contribution >= 0.6 is 15.9 Å². The number of ether oxygens (including phenoxy) is 1. The quantitative estimate of drug-likeness (QED) is 0.525. The highest BCUT2D eigenvalue weighted by Gasteiger charge is 2.23. The molecule has 0 saturated carbocycles. The first-order valence-electron chi connectivity index (χ1n) is 8.99. The molecule has 0 aliphatic carbocycles. The number of para-hydroxylation sites is 1. The zero-order chi connectivity index (χ0) is 19.3. The highest BCUT2D eigenvalue weighted by molar-refractivity contribution is 9.10. The number of aliphatic imine (C=N–C) groups is 1. The van der Waals surface area contributed by atoms with E-state index in [1.165, 1.54) is 11.6 Å². The summed E-state index contributed by atoms with van der Waals surface area (Å²) < 4.78 is 20.8. The Morgan fingerprint density at radius 3 is 2.57 bits per heavy atom. The fourth-order valence-electron chi connectivity index (χ4n) is 3.02. The Bertz CT molecular complexity index is 963. The molecule has 3 aromatic carbocycles. The maximum Gasteiger partial charge on any atom is 0.165 e. The summed E-state index contributed by atoms with van der Waals surface area (Å²) in [4.78, 5) is 4.58. The number of hydrogen-bond acceptors (Lipinski definition) is 4. The van der Waals surface area contributed by atoms with E-state index >= 15 is 0 Å². The van der Waals surface area contributed by atoms with Gasteiger partial charge in [-0.05, 0) is 47.5 Å². The lowest BCUT2D eigenvalue weighted by Gasteiger charge is -2.09. The molecule has 0 radical (unpaired) electrons. The number of rotatable bonds is 5. The zero-order valence-electron chi connectivity index (χ0n) is 15.0. The molecule has 2 atom stereocenters. The van der Waals surface area contributed by atoms with Crippen LogP contribution in [0.25, 0.3) is 0 Å². The van der Waals surface area contributed by atoms with E-state index in [9.17, 15) is 4.39 Å². The summed E-state index contributed by atoms with van der Waals surface area (Å²) >= 11 is 3.45. The summed E-state index contributed by atoms with van der Waals surface area (Å²) in [6.07, 6.45) is 2.50. The van der Waals surface area contributed by atoms with Crippen LogP contribution in [0.2, 0.25) is 0 Å². The minimum atomic E-state index is -0.406. The average molecular weight is 440 g/mol. The fourth-order valence-corrected chi connectivity index (χ4v) is 3.28. The third-order valence-corrected chi connectivity index (χ3v) is 5.01. The number of hydrazine groups is 1. The van der Waals surface area contributed by atoms with Crippen molar-refractivity contribution in [3.05, 3.63) is 94.2 Å². The van der Waals surface area contributed by atoms with Gasteiger partial charge in [-0.2, -0.15) is 0 Å². The van der Waals surface area contributed by atoms with Crippen LogP contribution in [0.1, 0.15) is 23.6 Å². The molecule has 1 fully saturated rings. The van der Waals surface area contributed by atoms with Gasteiger partial charge in [-0.25, -0.2) is 15.2 Å². The van der Waals surface area contributed by atoms with Gasteiger partial charge in [0.2, 0.25) is 0 Å². The first kappa shape index (κ1) is 18.8. The number of halogens is 2. The Morgan fingerprint density at radius 2 is 1.79 bits per heavy atom. The van der Waals surface area contributed by atoms with Gasteiger partial charge in [-0.15, -0.1) is 0 Å². The van der Waals surface area contributed by atoms with Gasteiger partial charge in [-0.3, -0.25) is 4.99 Å². The highest BCUT2D eigenvalue weighted by atomic mass is 79.9. The average Bonchev–Trinajstić information content (AvgIpc) is 3.19. The Hall–Kier alpha value is -2.54. The van der Waals surface area contributed by atoms with Gasteiger partial charge in [0.1, 0.15) is 11.9 Å². The van der Waals surface area contributed by atoms with Gasteiger partial charge in [0.15, 0.2) is 11.6 Å². The van der Waals surface area contributed by atoms with Crippen molar-refractivity contribution in [3.63, 3.8) is 0 Å². The van der Waals surface area contributed by atoms with Crippen molar-refractivity contribution in [1.29, 1.82) is 0 Å². The zero-order valence-corrected chi connectivity index (χ0v) is 16.6. The van der Waals surface area contributed by atoms with Crippen LogP contribution in [0, 0.1) is 5.82 Å². The Labute approximate surface area is 171 Å². The van der Waals surface area contributed by atoms with Gasteiger partial charge in [-0.1, -0.05) is 52.3 Å². The predicted octanol–water partition coefficient (Wildman–Crippen LogP) is 5.36. The largest absolute Gasteiger partial charge is 0.454 e. The number of nitrogens with zero attached hydrogens (tertiary/aromatic N) is 1. The van der Waals surface area contributed by atoms with E-state index in [-0.39, 0.29) is 18.0 Å². The number of hydrogen-bond donors (Lipinski definition) is 2. The minimum Gasteiger partial charge on any atom is -0.454 e. The molecule has 4 rings (SSSR count). The van der Waals surface area contributed by atoms with E-state index in [0.717, 1.165) is 16.5 Å². The van der Waals surface area contributed by atoms with Crippen LogP contribution in [-0.4, -0.2) is 12.4 Å². The third kappa shape index (κ3) is 4.65. The second-order valence-corrected chi connectivity index (χ2v) is 7.44. The molecule has 3 aromatic rings. The molecule has 1 aliphatic heterocycles. The lowest BCUT2D eigenvalue weighted by molar-refractivity contribution is 0.442. The van der Waals surface area contributed by atoms with Crippen LogP contribution in [0.5, 0.6) is 11.5 Å². The van der Waals surface area contributed by atoms with E-state index in [0.29, 0.717) is 5.75 Å². The van der Waals surface area contributed by atoms with Gasteiger partial charge >= 0.3 is 0 Å². The molecule has 142 valence electrons. The Kier molecular flexibility index (Phi) is 5.81. The minimum absolute atomic E-state index is 0.0582. The van der Waals surface area contributed by atoms with Crippen LogP contribution in [0.15, 0.2) is 82.3 Å². The fraction of sp³-hybridized carbons (Fsp3) is 0.136.